The highest BCUT2D eigenvalue weighted by Gasteiger charge is 2.07. The van der Waals surface area contributed by atoms with Gasteiger partial charge in [0.05, 0.1) is 30.2 Å². The Hall–Kier alpha value is -1.03. The van der Waals surface area contributed by atoms with E-state index in [1.807, 2.05) is 18.5 Å². The van der Waals surface area contributed by atoms with Crippen molar-refractivity contribution in [2.45, 2.75) is 40.7 Å². The van der Waals surface area contributed by atoms with Crippen molar-refractivity contribution in [1.82, 2.24) is 9.78 Å². The van der Waals surface area contributed by atoms with E-state index in [9.17, 15) is 0 Å². The lowest BCUT2D eigenvalue weighted by Gasteiger charge is -2.07. The lowest BCUT2D eigenvalue weighted by Crippen LogP contribution is -2.10. The number of nitrogen functional groups attached to an aromatic ring is 1. The van der Waals surface area contributed by atoms with E-state index in [1.54, 1.807) is 0 Å². The molecular weight excluding hydrogens is 202 g/mol. The van der Waals surface area contributed by atoms with Crippen LogP contribution in [0.2, 0.25) is 0 Å². The van der Waals surface area contributed by atoms with Gasteiger partial charge in [-0.2, -0.15) is 5.10 Å². The number of hydrogen-bond acceptors (Lipinski definition) is 3. The SMILES string of the molecule is Cc1nn(CCOCCC(C)C)c(C)c1N. The summed E-state index contributed by atoms with van der Waals surface area (Å²) in [7, 11) is 0. The minimum absolute atomic E-state index is 0.698. The monoisotopic (exact) mass is 225 g/mol. The predicted molar refractivity (Wildman–Crippen MR) is 66.4 cm³/mol. The van der Waals surface area contributed by atoms with Gasteiger partial charge in [-0.15, -0.1) is 0 Å². The molecule has 0 aromatic carbocycles. The van der Waals surface area contributed by atoms with Crippen LogP contribution in [0.4, 0.5) is 5.69 Å². The molecule has 1 aromatic rings. The van der Waals surface area contributed by atoms with E-state index in [1.165, 1.54) is 0 Å². The molecular formula is C12H23N3O. The molecule has 1 aromatic heterocycles. The van der Waals surface area contributed by atoms with Gasteiger partial charge in [-0.25, -0.2) is 0 Å². The average Bonchev–Trinajstić information content (AvgIpc) is 2.45. The van der Waals surface area contributed by atoms with Crippen LogP contribution >= 0.6 is 0 Å². The quantitative estimate of drug-likeness (QED) is 0.755. The maximum Gasteiger partial charge on any atom is 0.0825 e. The number of nitrogens with two attached hydrogens (primary N) is 1. The van der Waals surface area contributed by atoms with Crippen molar-refractivity contribution >= 4 is 5.69 Å². The summed E-state index contributed by atoms with van der Waals surface area (Å²) in [6, 6.07) is 0. The molecule has 0 radical (unpaired) electrons. The number of aryl methyl sites for hydroxylation is 1. The molecule has 4 heteroatoms. The molecule has 2 N–H and O–H groups in total. The van der Waals surface area contributed by atoms with Gasteiger partial charge in [-0.05, 0) is 26.2 Å². The van der Waals surface area contributed by atoms with Crippen molar-refractivity contribution in [3.63, 3.8) is 0 Å². The van der Waals surface area contributed by atoms with E-state index >= 15 is 0 Å². The largest absolute Gasteiger partial charge is 0.396 e. The Morgan fingerprint density at radius 1 is 1.31 bits per heavy atom. The van der Waals surface area contributed by atoms with E-state index in [-0.39, 0.29) is 0 Å². The van der Waals surface area contributed by atoms with Crippen LogP contribution in [-0.4, -0.2) is 23.0 Å². The first-order chi connectivity index (χ1) is 7.52. The second kappa shape index (κ2) is 5.89. The number of hydrogen-bond donors (Lipinski definition) is 1. The van der Waals surface area contributed by atoms with E-state index in [2.05, 4.69) is 18.9 Å². The van der Waals surface area contributed by atoms with E-state index in [0.717, 1.165) is 36.6 Å². The molecule has 0 unspecified atom stereocenters. The van der Waals surface area contributed by atoms with E-state index < -0.39 is 0 Å². The Morgan fingerprint density at radius 3 is 2.50 bits per heavy atom. The molecule has 1 heterocycles. The molecule has 0 atom stereocenters. The zero-order valence-corrected chi connectivity index (χ0v) is 10.8. The van der Waals surface area contributed by atoms with Gasteiger partial charge in [0, 0.05) is 6.61 Å². The maximum atomic E-state index is 5.85. The summed E-state index contributed by atoms with van der Waals surface area (Å²) in [6.45, 7) is 10.6. The molecule has 0 aliphatic carbocycles. The molecule has 0 spiro atoms. The molecule has 0 bridgehead atoms. The zero-order chi connectivity index (χ0) is 12.1. The molecule has 92 valence electrons. The van der Waals surface area contributed by atoms with Crippen molar-refractivity contribution < 1.29 is 4.74 Å². The van der Waals surface area contributed by atoms with Crippen LogP contribution in [0.25, 0.3) is 0 Å². The normalized spacial score (nSPS) is 11.3. The van der Waals surface area contributed by atoms with Crippen LogP contribution in [0.5, 0.6) is 0 Å². The third-order valence-electron chi connectivity index (χ3n) is 2.72. The van der Waals surface area contributed by atoms with Gasteiger partial charge in [0.15, 0.2) is 0 Å². The summed E-state index contributed by atoms with van der Waals surface area (Å²) in [6.07, 6.45) is 1.11. The van der Waals surface area contributed by atoms with Crippen molar-refractivity contribution in [2.75, 3.05) is 18.9 Å². The van der Waals surface area contributed by atoms with Gasteiger partial charge in [-0.1, -0.05) is 13.8 Å². The number of ether oxygens (including phenoxy) is 1. The van der Waals surface area contributed by atoms with Crippen LogP contribution in [0.15, 0.2) is 0 Å². The molecule has 0 aliphatic rings. The fourth-order valence-corrected chi connectivity index (χ4v) is 1.50. The summed E-state index contributed by atoms with van der Waals surface area (Å²) >= 11 is 0. The molecule has 0 fully saturated rings. The first-order valence-corrected chi connectivity index (χ1v) is 5.89. The average molecular weight is 225 g/mol. The van der Waals surface area contributed by atoms with Crippen LogP contribution < -0.4 is 5.73 Å². The lowest BCUT2D eigenvalue weighted by molar-refractivity contribution is 0.113. The second-order valence-electron chi connectivity index (χ2n) is 4.60. The van der Waals surface area contributed by atoms with Crippen molar-refractivity contribution in [3.05, 3.63) is 11.4 Å². The minimum atomic E-state index is 0.698. The van der Waals surface area contributed by atoms with Crippen molar-refractivity contribution in [2.24, 2.45) is 5.92 Å². The molecule has 16 heavy (non-hydrogen) atoms. The lowest BCUT2D eigenvalue weighted by atomic mass is 10.1. The first kappa shape index (κ1) is 13.0. The van der Waals surface area contributed by atoms with E-state index in [4.69, 9.17) is 10.5 Å². The maximum absolute atomic E-state index is 5.85. The summed E-state index contributed by atoms with van der Waals surface area (Å²) in [5.74, 6) is 0.698. The topological polar surface area (TPSA) is 53.1 Å². The van der Waals surface area contributed by atoms with Crippen LogP contribution in [0.1, 0.15) is 31.7 Å². The predicted octanol–water partition coefficient (Wildman–Crippen LogP) is 2.14. The number of rotatable bonds is 6. The van der Waals surface area contributed by atoms with Gasteiger partial charge < -0.3 is 10.5 Å². The highest BCUT2D eigenvalue weighted by atomic mass is 16.5. The number of anilines is 1. The molecule has 1 rings (SSSR count). The van der Waals surface area contributed by atoms with Crippen LogP contribution in [0, 0.1) is 19.8 Å². The highest BCUT2D eigenvalue weighted by molar-refractivity contribution is 5.46. The molecule has 0 amide bonds. The fraction of sp³-hybridized carbons (Fsp3) is 0.750. The number of nitrogens with zero attached hydrogens (tertiary/aromatic N) is 2. The Kier molecular flexibility index (Phi) is 4.80. The van der Waals surface area contributed by atoms with Gasteiger partial charge in [-0.3, -0.25) is 4.68 Å². The zero-order valence-electron chi connectivity index (χ0n) is 10.8. The van der Waals surface area contributed by atoms with E-state index in [0.29, 0.717) is 12.5 Å². The molecule has 4 nitrogen and oxygen atoms in total. The molecule has 0 saturated carbocycles. The van der Waals surface area contributed by atoms with Gasteiger partial charge in [0.25, 0.3) is 0 Å². The summed E-state index contributed by atoms with van der Waals surface area (Å²) in [5, 5.41) is 4.35. The standard InChI is InChI=1S/C12H23N3O/c1-9(2)5-7-16-8-6-15-11(4)12(13)10(3)14-15/h9H,5-8,13H2,1-4H3. The Balaban J connectivity index is 2.29. The fourth-order valence-electron chi connectivity index (χ4n) is 1.50. The summed E-state index contributed by atoms with van der Waals surface area (Å²) in [5.41, 5.74) is 8.58. The van der Waals surface area contributed by atoms with Crippen LogP contribution in [-0.2, 0) is 11.3 Å². The molecule has 0 saturated heterocycles. The Morgan fingerprint density at radius 2 is 2.00 bits per heavy atom. The minimum Gasteiger partial charge on any atom is -0.396 e. The van der Waals surface area contributed by atoms with Gasteiger partial charge >= 0.3 is 0 Å². The second-order valence-corrected chi connectivity index (χ2v) is 4.60. The summed E-state index contributed by atoms with van der Waals surface area (Å²) < 4.78 is 7.47. The van der Waals surface area contributed by atoms with Gasteiger partial charge in [0.2, 0.25) is 0 Å². The molecule has 0 aliphatic heterocycles. The Bertz CT molecular complexity index is 331. The number of aromatic nitrogens is 2. The highest BCUT2D eigenvalue weighted by Crippen LogP contribution is 2.14. The Labute approximate surface area is 97.8 Å². The smallest absolute Gasteiger partial charge is 0.0825 e. The van der Waals surface area contributed by atoms with Crippen molar-refractivity contribution in [3.8, 4) is 0 Å². The third-order valence-corrected chi connectivity index (χ3v) is 2.72. The third kappa shape index (κ3) is 3.52. The van der Waals surface area contributed by atoms with Gasteiger partial charge in [0.1, 0.15) is 0 Å². The van der Waals surface area contributed by atoms with Crippen LogP contribution in [0.3, 0.4) is 0 Å². The first-order valence-electron chi connectivity index (χ1n) is 5.89. The van der Waals surface area contributed by atoms with Crippen molar-refractivity contribution in [1.29, 1.82) is 0 Å². The summed E-state index contributed by atoms with van der Waals surface area (Å²) in [4.78, 5) is 0.